The van der Waals surface area contributed by atoms with E-state index in [-0.39, 0.29) is 17.9 Å². The Kier molecular flexibility index (Phi) is 4.70. The first-order valence-corrected chi connectivity index (χ1v) is 10.2. The van der Waals surface area contributed by atoms with E-state index in [0.717, 1.165) is 60.8 Å². The summed E-state index contributed by atoms with van der Waals surface area (Å²) in [5.41, 5.74) is 4.98. The first-order chi connectivity index (χ1) is 13.0. The SMILES string of the molecule is Cc1ccc(C)c2c(C)c(C(=O)N3CCC[C@H]3C(=O)N3CCCCC3)[nH]c12. The number of H-pyrrole nitrogens is 1. The minimum Gasteiger partial charge on any atom is -0.350 e. The molecule has 1 N–H and O–H groups in total. The van der Waals surface area contributed by atoms with Gasteiger partial charge in [0.05, 0.1) is 0 Å². The molecule has 0 aliphatic carbocycles. The molecule has 5 heteroatoms. The number of hydrogen-bond acceptors (Lipinski definition) is 2. The van der Waals surface area contributed by atoms with Gasteiger partial charge in [0.15, 0.2) is 0 Å². The molecule has 1 atom stereocenters. The summed E-state index contributed by atoms with van der Waals surface area (Å²) < 4.78 is 0. The minimum atomic E-state index is -0.302. The smallest absolute Gasteiger partial charge is 0.271 e. The molecule has 2 amide bonds. The van der Waals surface area contributed by atoms with E-state index in [0.29, 0.717) is 12.2 Å². The van der Waals surface area contributed by atoms with Gasteiger partial charge in [0.2, 0.25) is 5.91 Å². The Morgan fingerprint density at radius 3 is 2.37 bits per heavy atom. The third-order valence-corrected chi connectivity index (χ3v) is 6.30. The number of fused-ring (bicyclic) bond motifs is 1. The molecule has 2 fully saturated rings. The Morgan fingerprint density at radius 2 is 1.67 bits per heavy atom. The molecule has 4 rings (SSSR count). The molecule has 2 aromatic rings. The number of carbonyl (C=O) groups excluding carboxylic acids is 2. The molecule has 2 aliphatic heterocycles. The number of nitrogens with one attached hydrogen (secondary N) is 1. The topological polar surface area (TPSA) is 56.4 Å². The number of likely N-dealkylation sites (tertiary alicyclic amines) is 2. The van der Waals surface area contributed by atoms with E-state index >= 15 is 0 Å². The summed E-state index contributed by atoms with van der Waals surface area (Å²) in [5.74, 6) is 0.108. The number of hydrogen-bond donors (Lipinski definition) is 1. The lowest BCUT2D eigenvalue weighted by atomic mass is 10.0. The van der Waals surface area contributed by atoms with Crippen molar-refractivity contribution in [2.24, 2.45) is 0 Å². The average Bonchev–Trinajstić information content (AvgIpc) is 3.30. The molecule has 144 valence electrons. The zero-order chi connectivity index (χ0) is 19.1. The number of aromatic amines is 1. The summed E-state index contributed by atoms with van der Waals surface area (Å²) in [7, 11) is 0. The van der Waals surface area contributed by atoms with Crippen LogP contribution in [-0.2, 0) is 4.79 Å². The maximum atomic E-state index is 13.4. The van der Waals surface area contributed by atoms with Crippen molar-refractivity contribution < 1.29 is 9.59 Å². The third kappa shape index (κ3) is 3.03. The zero-order valence-corrected chi connectivity index (χ0v) is 16.6. The lowest BCUT2D eigenvalue weighted by molar-refractivity contribution is -0.136. The number of carbonyl (C=O) groups is 2. The maximum absolute atomic E-state index is 13.4. The molecular weight excluding hydrogens is 338 g/mol. The molecule has 0 bridgehead atoms. The number of rotatable bonds is 2. The Bertz CT molecular complexity index is 893. The number of piperidine rings is 1. The van der Waals surface area contributed by atoms with Crippen molar-refractivity contribution in [3.8, 4) is 0 Å². The van der Waals surface area contributed by atoms with E-state index in [2.05, 4.69) is 31.0 Å². The monoisotopic (exact) mass is 367 g/mol. The minimum absolute atomic E-state index is 0.0321. The van der Waals surface area contributed by atoms with Gasteiger partial charge in [0.25, 0.3) is 5.91 Å². The van der Waals surface area contributed by atoms with Crippen molar-refractivity contribution in [3.05, 3.63) is 34.5 Å². The van der Waals surface area contributed by atoms with E-state index < -0.39 is 0 Å². The summed E-state index contributed by atoms with van der Waals surface area (Å²) in [4.78, 5) is 33.6. The molecule has 3 heterocycles. The van der Waals surface area contributed by atoms with Gasteiger partial charge >= 0.3 is 0 Å². The molecule has 5 nitrogen and oxygen atoms in total. The first kappa shape index (κ1) is 18.1. The second-order valence-electron chi connectivity index (χ2n) is 8.12. The van der Waals surface area contributed by atoms with Gasteiger partial charge < -0.3 is 14.8 Å². The van der Waals surface area contributed by atoms with Crippen LogP contribution in [0.5, 0.6) is 0 Å². The first-order valence-electron chi connectivity index (χ1n) is 10.2. The van der Waals surface area contributed by atoms with Crippen molar-refractivity contribution in [3.63, 3.8) is 0 Å². The standard InChI is InChI=1S/C22H29N3O2/c1-14-9-10-15(2)19-18(14)16(3)20(23-19)22(27)25-13-7-8-17(25)21(26)24-11-5-4-6-12-24/h9-10,17,23H,4-8,11-13H2,1-3H3/t17-/m0/s1. The van der Waals surface area contributed by atoms with Gasteiger partial charge in [-0.25, -0.2) is 0 Å². The molecule has 1 aromatic heterocycles. The van der Waals surface area contributed by atoms with Gasteiger partial charge in [-0.05, 0) is 69.6 Å². The van der Waals surface area contributed by atoms with Crippen LogP contribution in [0, 0.1) is 20.8 Å². The summed E-state index contributed by atoms with van der Waals surface area (Å²) in [6.07, 6.45) is 5.02. The van der Waals surface area contributed by atoms with E-state index in [9.17, 15) is 9.59 Å². The number of amides is 2. The summed E-state index contributed by atoms with van der Waals surface area (Å²) in [6, 6.07) is 3.88. The number of aryl methyl sites for hydroxylation is 3. The number of nitrogens with zero attached hydrogens (tertiary/aromatic N) is 2. The number of aromatic nitrogens is 1. The van der Waals surface area contributed by atoms with Crippen LogP contribution in [0.3, 0.4) is 0 Å². The van der Waals surface area contributed by atoms with Crippen LogP contribution >= 0.6 is 0 Å². The van der Waals surface area contributed by atoms with Crippen molar-refractivity contribution in [1.82, 2.24) is 14.8 Å². The van der Waals surface area contributed by atoms with Gasteiger partial charge in [0.1, 0.15) is 11.7 Å². The van der Waals surface area contributed by atoms with Crippen LogP contribution in [-0.4, -0.2) is 52.3 Å². The lowest BCUT2D eigenvalue weighted by Crippen LogP contribution is -2.49. The molecule has 0 saturated carbocycles. The van der Waals surface area contributed by atoms with E-state index in [4.69, 9.17) is 0 Å². The Labute approximate surface area is 160 Å². The average molecular weight is 367 g/mol. The van der Waals surface area contributed by atoms with Gasteiger partial charge in [-0.15, -0.1) is 0 Å². The molecule has 0 unspecified atom stereocenters. The van der Waals surface area contributed by atoms with Crippen LogP contribution in [0.15, 0.2) is 12.1 Å². The molecule has 0 spiro atoms. The molecule has 2 aliphatic rings. The summed E-state index contributed by atoms with van der Waals surface area (Å²) in [6.45, 7) is 8.48. The predicted molar refractivity (Wildman–Crippen MR) is 107 cm³/mol. The molecule has 27 heavy (non-hydrogen) atoms. The zero-order valence-electron chi connectivity index (χ0n) is 16.6. The van der Waals surface area contributed by atoms with E-state index in [1.54, 1.807) is 4.90 Å². The summed E-state index contributed by atoms with van der Waals surface area (Å²) in [5, 5.41) is 1.14. The highest BCUT2D eigenvalue weighted by Gasteiger charge is 2.38. The fraction of sp³-hybridized carbons (Fsp3) is 0.545. The lowest BCUT2D eigenvalue weighted by Gasteiger charge is -2.32. The molecule has 1 aromatic carbocycles. The summed E-state index contributed by atoms with van der Waals surface area (Å²) >= 11 is 0. The number of benzene rings is 1. The van der Waals surface area contributed by atoms with E-state index in [1.165, 1.54) is 12.0 Å². The molecular formula is C22H29N3O2. The van der Waals surface area contributed by atoms with E-state index in [1.807, 2.05) is 11.8 Å². The van der Waals surface area contributed by atoms with Crippen LogP contribution < -0.4 is 0 Å². The van der Waals surface area contributed by atoms with Crippen molar-refractivity contribution >= 4 is 22.7 Å². The quantitative estimate of drug-likeness (QED) is 0.880. The third-order valence-electron chi connectivity index (χ3n) is 6.30. The van der Waals surface area contributed by atoms with Crippen molar-refractivity contribution in [1.29, 1.82) is 0 Å². The van der Waals surface area contributed by atoms with Gasteiger partial charge in [0, 0.05) is 30.5 Å². The fourth-order valence-corrected chi connectivity index (χ4v) is 4.75. The Balaban J connectivity index is 1.65. The second kappa shape index (κ2) is 7.02. The molecule has 2 saturated heterocycles. The highest BCUT2D eigenvalue weighted by Crippen LogP contribution is 2.30. The van der Waals surface area contributed by atoms with Gasteiger partial charge in [-0.1, -0.05) is 12.1 Å². The van der Waals surface area contributed by atoms with Crippen LogP contribution in [0.4, 0.5) is 0 Å². The normalized spacial score (nSPS) is 20.5. The van der Waals surface area contributed by atoms with Gasteiger partial charge in [-0.2, -0.15) is 0 Å². The van der Waals surface area contributed by atoms with Crippen molar-refractivity contribution in [2.75, 3.05) is 19.6 Å². The highest BCUT2D eigenvalue weighted by atomic mass is 16.2. The van der Waals surface area contributed by atoms with Crippen LogP contribution in [0.1, 0.15) is 59.3 Å². The largest absolute Gasteiger partial charge is 0.350 e. The predicted octanol–water partition coefficient (Wildman–Crippen LogP) is 3.71. The Morgan fingerprint density at radius 1 is 0.963 bits per heavy atom. The maximum Gasteiger partial charge on any atom is 0.271 e. The fourth-order valence-electron chi connectivity index (χ4n) is 4.75. The van der Waals surface area contributed by atoms with Gasteiger partial charge in [-0.3, -0.25) is 9.59 Å². The van der Waals surface area contributed by atoms with Crippen molar-refractivity contribution in [2.45, 2.75) is 58.9 Å². The highest BCUT2D eigenvalue weighted by molar-refractivity contribution is 6.04. The molecule has 0 radical (unpaired) electrons. The Hall–Kier alpha value is -2.30. The van der Waals surface area contributed by atoms with Crippen LogP contribution in [0.25, 0.3) is 10.9 Å². The second-order valence-corrected chi connectivity index (χ2v) is 8.12. The van der Waals surface area contributed by atoms with Crippen LogP contribution in [0.2, 0.25) is 0 Å².